The Morgan fingerprint density at radius 2 is 1.87 bits per heavy atom. The van der Waals surface area contributed by atoms with Crippen LogP contribution in [0.15, 0.2) is 23.3 Å². The molecule has 0 spiro atoms. The maximum absolute atomic E-state index is 10.5. The molecule has 0 fully saturated rings. The molecule has 0 aromatic rings. The molecule has 0 aromatic carbocycles. The number of allylic oxidation sites excluding steroid dienone is 3. The fourth-order valence-electron chi connectivity index (χ4n) is 1.00. The van der Waals surface area contributed by atoms with Crippen molar-refractivity contribution < 1.29 is 18.1 Å². The molecular formula is C10H18O4S. The summed E-state index contributed by atoms with van der Waals surface area (Å²) in [6.45, 7) is 5.67. The summed E-state index contributed by atoms with van der Waals surface area (Å²) in [5.41, 5.74) is 0.111. The van der Waals surface area contributed by atoms with Gasteiger partial charge in [-0.05, 0) is 39.7 Å². The van der Waals surface area contributed by atoms with Gasteiger partial charge in [0.15, 0.2) is 5.44 Å². The van der Waals surface area contributed by atoms with E-state index in [4.69, 9.17) is 9.66 Å². The summed E-state index contributed by atoms with van der Waals surface area (Å²) in [5, 5.41) is 9.03. The van der Waals surface area contributed by atoms with Crippen LogP contribution in [0.1, 0.15) is 33.6 Å². The maximum atomic E-state index is 10.5. The summed E-state index contributed by atoms with van der Waals surface area (Å²) in [4.78, 5) is 0. The normalized spacial score (nSPS) is 14.9. The molecule has 0 saturated carbocycles. The maximum Gasteiger partial charge on any atom is 0.295 e. The molecule has 1 unspecified atom stereocenters. The molecule has 4 nitrogen and oxygen atoms in total. The van der Waals surface area contributed by atoms with Crippen LogP contribution < -0.4 is 0 Å². The summed E-state index contributed by atoms with van der Waals surface area (Å²) in [5.74, 6) is 0. The predicted octanol–water partition coefficient (Wildman–Crippen LogP) is 1.89. The summed E-state index contributed by atoms with van der Waals surface area (Å²) in [6.07, 6.45) is 4.63. The lowest BCUT2D eigenvalue weighted by Crippen LogP contribution is -2.17. The first-order valence-corrected chi connectivity index (χ1v) is 6.19. The molecule has 0 radical (unpaired) electrons. The standard InChI is InChI=1S/C10H18O4S/c1-8(2)5-4-6-9(3)7-10(11)15(12,13)14/h5,7,10-11H,4,6H2,1-3H3,(H,12,13,14)/b9-7-. The summed E-state index contributed by atoms with van der Waals surface area (Å²) in [6, 6.07) is 0. The molecule has 0 heterocycles. The van der Waals surface area contributed by atoms with Crippen LogP contribution in [-0.4, -0.2) is 23.5 Å². The Kier molecular flexibility index (Phi) is 5.79. The summed E-state index contributed by atoms with van der Waals surface area (Å²) in [7, 11) is -4.38. The van der Waals surface area contributed by atoms with Gasteiger partial charge < -0.3 is 5.11 Å². The van der Waals surface area contributed by atoms with Crippen molar-refractivity contribution in [3.8, 4) is 0 Å². The predicted molar refractivity (Wildman–Crippen MR) is 60.0 cm³/mol. The average Bonchev–Trinajstić information content (AvgIpc) is 2.01. The van der Waals surface area contributed by atoms with Crippen LogP contribution in [-0.2, 0) is 10.1 Å². The van der Waals surface area contributed by atoms with E-state index in [1.807, 2.05) is 19.9 Å². The second-order valence-electron chi connectivity index (χ2n) is 3.74. The topological polar surface area (TPSA) is 74.6 Å². The molecule has 88 valence electrons. The van der Waals surface area contributed by atoms with E-state index in [1.54, 1.807) is 6.92 Å². The van der Waals surface area contributed by atoms with Gasteiger partial charge in [-0.25, -0.2) is 0 Å². The van der Waals surface area contributed by atoms with Crippen LogP contribution in [0.2, 0.25) is 0 Å². The van der Waals surface area contributed by atoms with Gasteiger partial charge in [0.1, 0.15) is 0 Å². The molecule has 1 atom stereocenters. The molecule has 0 aliphatic carbocycles. The second-order valence-corrected chi connectivity index (χ2v) is 5.25. The highest BCUT2D eigenvalue weighted by molar-refractivity contribution is 7.86. The SMILES string of the molecule is CC(C)=CCC/C(C)=C\C(O)S(=O)(=O)O. The highest BCUT2D eigenvalue weighted by atomic mass is 32.2. The number of hydrogen-bond acceptors (Lipinski definition) is 3. The monoisotopic (exact) mass is 234 g/mol. The molecule has 0 amide bonds. The van der Waals surface area contributed by atoms with E-state index in [-0.39, 0.29) is 0 Å². The number of aliphatic hydroxyl groups is 1. The first-order chi connectivity index (χ1) is 6.73. The van der Waals surface area contributed by atoms with E-state index < -0.39 is 15.6 Å². The van der Waals surface area contributed by atoms with Crippen LogP contribution in [0, 0.1) is 0 Å². The first kappa shape index (κ1) is 14.3. The zero-order valence-electron chi connectivity index (χ0n) is 9.27. The molecule has 2 N–H and O–H groups in total. The molecule has 0 aliphatic rings. The lowest BCUT2D eigenvalue weighted by Gasteiger charge is -2.03. The van der Waals surface area contributed by atoms with Crippen LogP contribution in [0.4, 0.5) is 0 Å². The van der Waals surface area contributed by atoms with E-state index in [0.29, 0.717) is 6.42 Å². The Labute approximate surface area is 91.1 Å². The zero-order chi connectivity index (χ0) is 12.1. The third-order valence-electron chi connectivity index (χ3n) is 1.82. The third kappa shape index (κ3) is 7.30. The van der Waals surface area contributed by atoms with Gasteiger partial charge in [0, 0.05) is 0 Å². The van der Waals surface area contributed by atoms with E-state index in [2.05, 4.69) is 0 Å². The van der Waals surface area contributed by atoms with Gasteiger partial charge in [0.2, 0.25) is 0 Å². The van der Waals surface area contributed by atoms with Gasteiger partial charge in [-0.3, -0.25) is 4.55 Å². The molecule has 0 aliphatic heterocycles. The summed E-state index contributed by atoms with van der Waals surface area (Å²) < 4.78 is 29.5. The molecule has 5 heteroatoms. The van der Waals surface area contributed by atoms with Crippen molar-refractivity contribution in [2.24, 2.45) is 0 Å². The van der Waals surface area contributed by atoms with Gasteiger partial charge in [-0.2, -0.15) is 8.42 Å². The Hall–Kier alpha value is -0.650. The zero-order valence-corrected chi connectivity index (χ0v) is 10.1. The minimum atomic E-state index is -4.38. The van der Waals surface area contributed by atoms with Crippen molar-refractivity contribution in [1.82, 2.24) is 0 Å². The van der Waals surface area contributed by atoms with Crippen LogP contribution in [0.5, 0.6) is 0 Å². The lowest BCUT2D eigenvalue weighted by atomic mass is 10.1. The van der Waals surface area contributed by atoms with Crippen molar-refractivity contribution in [3.63, 3.8) is 0 Å². The van der Waals surface area contributed by atoms with Gasteiger partial charge in [-0.15, -0.1) is 0 Å². The van der Waals surface area contributed by atoms with E-state index >= 15 is 0 Å². The quantitative estimate of drug-likeness (QED) is 0.562. The Bertz CT molecular complexity index is 348. The fourth-order valence-corrected chi connectivity index (χ4v) is 1.41. The second kappa shape index (κ2) is 6.05. The largest absolute Gasteiger partial charge is 0.372 e. The highest BCUT2D eigenvalue weighted by Gasteiger charge is 2.16. The molecule has 0 rings (SSSR count). The van der Waals surface area contributed by atoms with Gasteiger partial charge in [-0.1, -0.05) is 17.2 Å². The third-order valence-corrected chi connectivity index (χ3v) is 2.57. The van der Waals surface area contributed by atoms with E-state index in [9.17, 15) is 8.42 Å². The van der Waals surface area contributed by atoms with Gasteiger partial charge in [0.05, 0.1) is 0 Å². The molecule has 0 bridgehead atoms. The fraction of sp³-hybridized carbons (Fsp3) is 0.600. The van der Waals surface area contributed by atoms with Crippen LogP contribution in [0.3, 0.4) is 0 Å². The number of aliphatic hydroxyl groups excluding tert-OH is 1. The van der Waals surface area contributed by atoms with E-state index in [1.165, 1.54) is 5.57 Å². The van der Waals surface area contributed by atoms with Crippen molar-refractivity contribution in [1.29, 1.82) is 0 Å². The minimum absolute atomic E-state index is 0.664. The lowest BCUT2D eigenvalue weighted by molar-refractivity contribution is 0.274. The van der Waals surface area contributed by atoms with Crippen molar-refractivity contribution >= 4 is 10.1 Å². The Balaban J connectivity index is 4.28. The average molecular weight is 234 g/mol. The van der Waals surface area contributed by atoms with E-state index in [0.717, 1.165) is 18.1 Å². The Morgan fingerprint density at radius 3 is 2.27 bits per heavy atom. The Morgan fingerprint density at radius 1 is 1.33 bits per heavy atom. The number of hydrogen-bond donors (Lipinski definition) is 2. The van der Waals surface area contributed by atoms with Crippen LogP contribution in [0.25, 0.3) is 0 Å². The molecule has 0 saturated heterocycles. The van der Waals surface area contributed by atoms with Crippen molar-refractivity contribution in [2.45, 2.75) is 39.0 Å². The highest BCUT2D eigenvalue weighted by Crippen LogP contribution is 2.09. The van der Waals surface area contributed by atoms with Gasteiger partial charge in [0.25, 0.3) is 10.1 Å². The van der Waals surface area contributed by atoms with Crippen molar-refractivity contribution in [2.75, 3.05) is 0 Å². The van der Waals surface area contributed by atoms with Gasteiger partial charge >= 0.3 is 0 Å². The molecular weight excluding hydrogens is 216 g/mol. The smallest absolute Gasteiger partial charge is 0.295 e. The van der Waals surface area contributed by atoms with Crippen molar-refractivity contribution in [3.05, 3.63) is 23.3 Å². The number of rotatable bonds is 5. The molecule has 0 aromatic heterocycles. The minimum Gasteiger partial charge on any atom is -0.372 e. The first-order valence-electron chi connectivity index (χ1n) is 4.68. The van der Waals surface area contributed by atoms with Crippen LogP contribution >= 0.6 is 0 Å². The summed E-state index contributed by atoms with van der Waals surface area (Å²) >= 11 is 0. The molecule has 15 heavy (non-hydrogen) atoms.